The summed E-state index contributed by atoms with van der Waals surface area (Å²) in [5, 5.41) is 10.5. The number of phenolic OH excluding ortho intramolecular Hbond substituents is 1. The van der Waals surface area contributed by atoms with E-state index in [2.05, 4.69) is 16.8 Å². The highest BCUT2D eigenvalue weighted by molar-refractivity contribution is 7.89. The van der Waals surface area contributed by atoms with Gasteiger partial charge in [0.25, 0.3) is 0 Å². The standard InChI is InChI=1S/C20H23N3O3S/c1-14-12-23(13-20(14)22(2)16-4-6-17(24)7-5-16)27(25,26)18-8-3-15-9-10-21-19(15)11-18/h3-11,14,20-21,24H,12-13H2,1-2H3/t14-,20-/m0/s1. The van der Waals surface area contributed by atoms with Crippen molar-refractivity contribution in [2.45, 2.75) is 17.9 Å². The number of benzene rings is 2. The quantitative estimate of drug-likeness (QED) is 0.724. The molecule has 7 heteroatoms. The number of likely N-dealkylation sites (N-methyl/N-ethyl adjacent to an activating group) is 1. The fraction of sp³-hybridized carbons (Fsp3) is 0.300. The lowest BCUT2D eigenvalue weighted by Gasteiger charge is -2.29. The van der Waals surface area contributed by atoms with Gasteiger partial charge in [-0.25, -0.2) is 8.42 Å². The second-order valence-electron chi connectivity index (χ2n) is 7.22. The van der Waals surface area contributed by atoms with Gasteiger partial charge in [0.05, 0.1) is 4.90 Å². The summed E-state index contributed by atoms with van der Waals surface area (Å²) in [5.41, 5.74) is 1.78. The minimum atomic E-state index is -3.55. The lowest BCUT2D eigenvalue weighted by molar-refractivity contribution is 0.464. The Morgan fingerprint density at radius 1 is 1.11 bits per heavy atom. The number of anilines is 1. The van der Waals surface area contributed by atoms with Crippen LogP contribution in [0.3, 0.4) is 0 Å². The molecule has 3 aromatic rings. The number of sulfonamides is 1. The van der Waals surface area contributed by atoms with Gasteiger partial charge in [0.1, 0.15) is 5.75 Å². The minimum Gasteiger partial charge on any atom is -0.508 e. The molecule has 1 aliphatic heterocycles. The first-order valence-corrected chi connectivity index (χ1v) is 10.4. The third-order valence-electron chi connectivity index (χ3n) is 5.46. The van der Waals surface area contributed by atoms with Crippen molar-refractivity contribution in [3.63, 3.8) is 0 Å². The Hall–Kier alpha value is -2.51. The summed E-state index contributed by atoms with van der Waals surface area (Å²) in [6, 6.07) is 14.2. The molecule has 1 saturated heterocycles. The van der Waals surface area contributed by atoms with Crippen molar-refractivity contribution in [1.82, 2.24) is 9.29 Å². The molecule has 4 rings (SSSR count). The molecule has 142 valence electrons. The van der Waals surface area contributed by atoms with E-state index >= 15 is 0 Å². The Balaban J connectivity index is 1.58. The average molecular weight is 385 g/mol. The van der Waals surface area contributed by atoms with Crippen LogP contribution in [0.4, 0.5) is 5.69 Å². The highest BCUT2D eigenvalue weighted by atomic mass is 32.2. The number of H-pyrrole nitrogens is 1. The highest BCUT2D eigenvalue weighted by Crippen LogP contribution is 2.31. The van der Waals surface area contributed by atoms with Crippen LogP contribution in [-0.2, 0) is 10.0 Å². The van der Waals surface area contributed by atoms with E-state index in [1.54, 1.807) is 28.6 Å². The first kappa shape index (κ1) is 17.9. The molecular formula is C20H23N3O3S. The molecule has 0 radical (unpaired) electrons. The van der Waals surface area contributed by atoms with Crippen LogP contribution in [0.5, 0.6) is 5.75 Å². The van der Waals surface area contributed by atoms with Crippen molar-refractivity contribution in [2.24, 2.45) is 5.92 Å². The normalized spacial score (nSPS) is 21.0. The number of phenols is 1. The number of aromatic nitrogens is 1. The van der Waals surface area contributed by atoms with E-state index in [9.17, 15) is 13.5 Å². The molecular weight excluding hydrogens is 362 g/mol. The number of fused-ring (bicyclic) bond motifs is 1. The van der Waals surface area contributed by atoms with Crippen molar-refractivity contribution >= 4 is 26.6 Å². The number of rotatable bonds is 4. The zero-order chi connectivity index (χ0) is 19.2. The second kappa shape index (κ2) is 6.58. The number of nitrogens with one attached hydrogen (secondary N) is 1. The fourth-order valence-electron chi connectivity index (χ4n) is 3.82. The second-order valence-corrected chi connectivity index (χ2v) is 9.16. The monoisotopic (exact) mass is 385 g/mol. The van der Waals surface area contributed by atoms with E-state index in [0.717, 1.165) is 16.6 Å². The number of aromatic hydroxyl groups is 1. The lowest BCUT2D eigenvalue weighted by Crippen LogP contribution is -2.38. The summed E-state index contributed by atoms with van der Waals surface area (Å²) in [4.78, 5) is 5.48. The molecule has 0 amide bonds. The van der Waals surface area contributed by atoms with Gasteiger partial charge in [-0.3, -0.25) is 0 Å². The first-order valence-electron chi connectivity index (χ1n) is 8.95. The number of hydrogen-bond donors (Lipinski definition) is 2. The van der Waals surface area contributed by atoms with Gasteiger partial charge in [-0.2, -0.15) is 4.31 Å². The van der Waals surface area contributed by atoms with Gasteiger partial charge in [-0.15, -0.1) is 0 Å². The molecule has 0 spiro atoms. The van der Waals surface area contributed by atoms with E-state index in [0.29, 0.717) is 18.0 Å². The zero-order valence-corrected chi connectivity index (χ0v) is 16.1. The van der Waals surface area contributed by atoms with Crippen LogP contribution in [0.15, 0.2) is 59.6 Å². The first-order chi connectivity index (χ1) is 12.9. The van der Waals surface area contributed by atoms with E-state index in [1.807, 2.05) is 37.5 Å². The smallest absolute Gasteiger partial charge is 0.243 e. The van der Waals surface area contributed by atoms with Crippen molar-refractivity contribution in [3.05, 3.63) is 54.7 Å². The van der Waals surface area contributed by atoms with Gasteiger partial charge in [0.15, 0.2) is 0 Å². The van der Waals surface area contributed by atoms with Gasteiger partial charge >= 0.3 is 0 Å². The fourth-order valence-corrected chi connectivity index (χ4v) is 5.41. The Morgan fingerprint density at radius 2 is 1.85 bits per heavy atom. The Bertz CT molecular complexity index is 1060. The molecule has 2 atom stereocenters. The summed E-state index contributed by atoms with van der Waals surface area (Å²) >= 11 is 0. The summed E-state index contributed by atoms with van der Waals surface area (Å²) in [6.07, 6.45) is 1.81. The zero-order valence-electron chi connectivity index (χ0n) is 15.3. The van der Waals surface area contributed by atoms with Crippen LogP contribution in [0.2, 0.25) is 0 Å². The molecule has 2 N–H and O–H groups in total. The lowest BCUT2D eigenvalue weighted by atomic mass is 10.0. The predicted octanol–water partition coefficient (Wildman–Crippen LogP) is 3.02. The summed E-state index contributed by atoms with van der Waals surface area (Å²) in [5.74, 6) is 0.406. The maximum absolute atomic E-state index is 13.2. The van der Waals surface area contributed by atoms with Crippen LogP contribution < -0.4 is 4.90 Å². The van der Waals surface area contributed by atoms with Gasteiger partial charge in [0, 0.05) is 43.6 Å². The molecule has 0 saturated carbocycles. The SMILES string of the molecule is C[C@H]1CN(S(=O)(=O)c2ccc3cc[nH]c3c2)C[C@@H]1N(C)c1ccc(O)cc1. The third-order valence-corrected chi connectivity index (χ3v) is 7.29. The highest BCUT2D eigenvalue weighted by Gasteiger charge is 2.39. The molecule has 27 heavy (non-hydrogen) atoms. The maximum atomic E-state index is 13.2. The maximum Gasteiger partial charge on any atom is 0.243 e. The van der Waals surface area contributed by atoms with Gasteiger partial charge in [0.2, 0.25) is 10.0 Å². The van der Waals surface area contributed by atoms with Crippen LogP contribution in [-0.4, -0.2) is 49.0 Å². The molecule has 1 aromatic heterocycles. The van der Waals surface area contributed by atoms with Crippen molar-refractivity contribution in [2.75, 3.05) is 25.0 Å². The van der Waals surface area contributed by atoms with Gasteiger partial charge in [-0.05, 0) is 53.8 Å². The van der Waals surface area contributed by atoms with Gasteiger partial charge < -0.3 is 15.0 Å². The third kappa shape index (κ3) is 3.17. The molecule has 1 aliphatic rings. The molecule has 2 heterocycles. The summed E-state index contributed by atoms with van der Waals surface area (Å²) in [6.45, 7) is 2.99. The van der Waals surface area contributed by atoms with Crippen LogP contribution >= 0.6 is 0 Å². The number of hydrogen-bond acceptors (Lipinski definition) is 4. The van der Waals surface area contributed by atoms with E-state index in [1.165, 1.54) is 0 Å². The van der Waals surface area contributed by atoms with E-state index in [4.69, 9.17) is 0 Å². The summed E-state index contributed by atoms with van der Waals surface area (Å²) in [7, 11) is -1.58. The molecule has 1 fully saturated rings. The van der Waals surface area contributed by atoms with Crippen LogP contribution in [0, 0.1) is 5.92 Å². The predicted molar refractivity (Wildman–Crippen MR) is 107 cm³/mol. The average Bonchev–Trinajstić information content (AvgIpc) is 3.27. The van der Waals surface area contributed by atoms with Crippen LogP contribution in [0.1, 0.15) is 6.92 Å². The Kier molecular flexibility index (Phi) is 4.36. The molecule has 0 aliphatic carbocycles. The number of aromatic amines is 1. The summed E-state index contributed by atoms with van der Waals surface area (Å²) < 4.78 is 27.9. The number of nitrogens with zero attached hydrogens (tertiary/aromatic N) is 2. The molecule has 0 bridgehead atoms. The minimum absolute atomic E-state index is 0.0681. The molecule has 0 unspecified atom stereocenters. The van der Waals surface area contributed by atoms with E-state index in [-0.39, 0.29) is 17.7 Å². The largest absolute Gasteiger partial charge is 0.508 e. The van der Waals surface area contributed by atoms with Crippen LogP contribution in [0.25, 0.3) is 10.9 Å². The van der Waals surface area contributed by atoms with Crippen molar-refractivity contribution in [1.29, 1.82) is 0 Å². The van der Waals surface area contributed by atoms with E-state index < -0.39 is 10.0 Å². The molecule has 6 nitrogen and oxygen atoms in total. The Morgan fingerprint density at radius 3 is 2.59 bits per heavy atom. The topological polar surface area (TPSA) is 76.6 Å². The van der Waals surface area contributed by atoms with Gasteiger partial charge in [-0.1, -0.05) is 13.0 Å². The Labute approximate surface area is 159 Å². The van der Waals surface area contributed by atoms with Crippen molar-refractivity contribution in [3.8, 4) is 5.75 Å². The van der Waals surface area contributed by atoms with Crippen molar-refractivity contribution < 1.29 is 13.5 Å². The molecule has 2 aromatic carbocycles.